The third-order valence-electron chi connectivity index (χ3n) is 3.91. The SMILES string of the molecule is O=C(NCC1CNC1)C(Oc1ccc(F)cc1Br)c1ccccc1. The molecule has 0 spiro atoms. The summed E-state index contributed by atoms with van der Waals surface area (Å²) < 4.78 is 19.6. The molecule has 2 N–H and O–H groups in total. The molecule has 4 nitrogen and oxygen atoms in total. The van der Waals surface area contributed by atoms with Crippen LogP contribution >= 0.6 is 15.9 Å². The van der Waals surface area contributed by atoms with Crippen LogP contribution in [0, 0.1) is 11.7 Å². The number of carbonyl (C=O) groups excluding carboxylic acids is 1. The maximum absolute atomic E-state index is 13.3. The minimum absolute atomic E-state index is 0.204. The van der Waals surface area contributed by atoms with Crippen molar-refractivity contribution in [2.75, 3.05) is 19.6 Å². The van der Waals surface area contributed by atoms with Crippen LogP contribution in [0.2, 0.25) is 0 Å². The molecule has 1 fully saturated rings. The lowest BCUT2D eigenvalue weighted by atomic mass is 10.0. The van der Waals surface area contributed by atoms with Gasteiger partial charge in [0.15, 0.2) is 0 Å². The summed E-state index contributed by atoms with van der Waals surface area (Å²) in [6.45, 7) is 2.45. The summed E-state index contributed by atoms with van der Waals surface area (Å²) in [4.78, 5) is 12.6. The van der Waals surface area contributed by atoms with Gasteiger partial charge in [0.1, 0.15) is 11.6 Å². The lowest BCUT2D eigenvalue weighted by Crippen LogP contribution is -2.49. The molecule has 0 bridgehead atoms. The van der Waals surface area contributed by atoms with E-state index in [9.17, 15) is 9.18 Å². The summed E-state index contributed by atoms with van der Waals surface area (Å²) >= 11 is 3.27. The Bertz CT molecular complexity index is 707. The van der Waals surface area contributed by atoms with Gasteiger partial charge < -0.3 is 15.4 Å². The maximum Gasteiger partial charge on any atom is 0.265 e. The molecule has 1 aliphatic heterocycles. The number of halogens is 2. The highest BCUT2D eigenvalue weighted by molar-refractivity contribution is 9.10. The zero-order chi connectivity index (χ0) is 16.9. The Labute approximate surface area is 148 Å². The normalized spacial score (nSPS) is 15.4. The van der Waals surface area contributed by atoms with Crippen molar-refractivity contribution in [1.82, 2.24) is 10.6 Å². The van der Waals surface area contributed by atoms with Crippen molar-refractivity contribution in [2.45, 2.75) is 6.10 Å². The molecule has 126 valence electrons. The first kappa shape index (κ1) is 16.9. The largest absolute Gasteiger partial charge is 0.475 e. The molecular weight excluding hydrogens is 375 g/mol. The number of ether oxygens (including phenoxy) is 1. The van der Waals surface area contributed by atoms with Crippen LogP contribution in [-0.2, 0) is 4.79 Å². The highest BCUT2D eigenvalue weighted by atomic mass is 79.9. The molecule has 6 heteroatoms. The fraction of sp³-hybridized carbons (Fsp3) is 0.278. The highest BCUT2D eigenvalue weighted by Gasteiger charge is 2.25. The van der Waals surface area contributed by atoms with Crippen LogP contribution < -0.4 is 15.4 Å². The lowest BCUT2D eigenvalue weighted by molar-refractivity contribution is -0.128. The Morgan fingerprint density at radius 1 is 1.29 bits per heavy atom. The van der Waals surface area contributed by atoms with Crippen LogP contribution in [0.1, 0.15) is 11.7 Å². The fourth-order valence-corrected chi connectivity index (χ4v) is 2.87. The van der Waals surface area contributed by atoms with E-state index in [4.69, 9.17) is 4.74 Å². The maximum atomic E-state index is 13.3. The summed E-state index contributed by atoms with van der Waals surface area (Å²) in [7, 11) is 0. The van der Waals surface area contributed by atoms with Gasteiger partial charge in [-0.15, -0.1) is 0 Å². The van der Waals surface area contributed by atoms with Crippen molar-refractivity contribution in [2.24, 2.45) is 5.92 Å². The van der Waals surface area contributed by atoms with Crippen molar-refractivity contribution < 1.29 is 13.9 Å². The molecule has 0 aromatic heterocycles. The van der Waals surface area contributed by atoms with E-state index >= 15 is 0 Å². The topological polar surface area (TPSA) is 50.4 Å². The van der Waals surface area contributed by atoms with Crippen LogP contribution in [0.25, 0.3) is 0 Å². The van der Waals surface area contributed by atoms with E-state index in [0.717, 1.165) is 18.7 Å². The highest BCUT2D eigenvalue weighted by Crippen LogP contribution is 2.30. The lowest BCUT2D eigenvalue weighted by Gasteiger charge is -2.28. The molecule has 3 rings (SSSR count). The number of hydrogen-bond donors (Lipinski definition) is 2. The summed E-state index contributed by atoms with van der Waals surface area (Å²) in [6, 6.07) is 13.4. The van der Waals surface area contributed by atoms with Crippen LogP contribution in [0.4, 0.5) is 4.39 Å². The second kappa shape index (κ2) is 7.77. The van der Waals surface area contributed by atoms with E-state index in [0.29, 0.717) is 22.7 Å². The van der Waals surface area contributed by atoms with Gasteiger partial charge in [0.2, 0.25) is 6.10 Å². The molecule has 1 unspecified atom stereocenters. The molecule has 1 amide bonds. The number of nitrogens with one attached hydrogen (secondary N) is 2. The van der Waals surface area contributed by atoms with Gasteiger partial charge in [-0.2, -0.15) is 0 Å². The minimum atomic E-state index is -0.791. The molecular formula is C18H18BrFN2O2. The number of amides is 1. The van der Waals surface area contributed by atoms with Gasteiger partial charge in [-0.25, -0.2) is 4.39 Å². The monoisotopic (exact) mass is 392 g/mol. The molecule has 1 atom stereocenters. The Balaban J connectivity index is 1.77. The van der Waals surface area contributed by atoms with E-state index in [1.54, 1.807) is 0 Å². The molecule has 2 aromatic carbocycles. The van der Waals surface area contributed by atoms with Gasteiger partial charge in [0.25, 0.3) is 5.91 Å². The van der Waals surface area contributed by atoms with Gasteiger partial charge in [0.05, 0.1) is 4.47 Å². The zero-order valence-electron chi connectivity index (χ0n) is 13.0. The summed E-state index contributed by atoms with van der Waals surface area (Å²) in [5.74, 6) is 0.311. The van der Waals surface area contributed by atoms with Crippen LogP contribution in [-0.4, -0.2) is 25.5 Å². The molecule has 0 aliphatic carbocycles. The summed E-state index contributed by atoms with van der Waals surface area (Å²) in [5, 5.41) is 6.12. The van der Waals surface area contributed by atoms with Crippen molar-refractivity contribution in [1.29, 1.82) is 0 Å². The molecule has 24 heavy (non-hydrogen) atoms. The summed E-state index contributed by atoms with van der Waals surface area (Å²) in [5.41, 5.74) is 0.748. The van der Waals surface area contributed by atoms with E-state index < -0.39 is 6.10 Å². The summed E-state index contributed by atoms with van der Waals surface area (Å²) in [6.07, 6.45) is -0.791. The van der Waals surface area contributed by atoms with Crippen LogP contribution in [0.5, 0.6) is 5.75 Å². The Morgan fingerprint density at radius 3 is 2.67 bits per heavy atom. The first-order valence-corrected chi connectivity index (χ1v) is 8.58. The predicted molar refractivity (Wildman–Crippen MR) is 93.3 cm³/mol. The second-order valence-electron chi connectivity index (χ2n) is 5.75. The van der Waals surface area contributed by atoms with Gasteiger partial charge in [-0.05, 0) is 34.1 Å². The van der Waals surface area contributed by atoms with Gasteiger partial charge in [0, 0.05) is 31.1 Å². The molecule has 1 saturated heterocycles. The van der Waals surface area contributed by atoms with Gasteiger partial charge >= 0.3 is 0 Å². The van der Waals surface area contributed by atoms with Crippen molar-refractivity contribution in [3.8, 4) is 5.75 Å². The van der Waals surface area contributed by atoms with Crippen LogP contribution in [0.3, 0.4) is 0 Å². The van der Waals surface area contributed by atoms with E-state index in [2.05, 4.69) is 26.6 Å². The van der Waals surface area contributed by atoms with Crippen LogP contribution in [0.15, 0.2) is 53.0 Å². The Hall–Kier alpha value is -1.92. The Kier molecular flexibility index (Phi) is 5.48. The molecule has 1 aliphatic rings. The number of hydrogen-bond acceptors (Lipinski definition) is 3. The van der Waals surface area contributed by atoms with Crippen molar-refractivity contribution in [3.05, 3.63) is 64.4 Å². The molecule has 0 radical (unpaired) electrons. The molecule has 1 heterocycles. The smallest absolute Gasteiger partial charge is 0.265 e. The minimum Gasteiger partial charge on any atom is -0.475 e. The zero-order valence-corrected chi connectivity index (χ0v) is 14.6. The van der Waals surface area contributed by atoms with E-state index in [-0.39, 0.29) is 11.7 Å². The standard InChI is InChI=1S/C18H18BrFN2O2/c19-15-8-14(20)6-7-16(15)24-17(13-4-2-1-3-5-13)18(23)22-11-12-9-21-10-12/h1-8,12,17,21H,9-11H2,(H,22,23). The first-order valence-electron chi connectivity index (χ1n) is 7.78. The van der Waals surface area contributed by atoms with E-state index in [1.807, 2.05) is 30.3 Å². The third kappa shape index (κ3) is 4.13. The quantitative estimate of drug-likeness (QED) is 0.794. The van der Waals surface area contributed by atoms with E-state index in [1.165, 1.54) is 18.2 Å². The van der Waals surface area contributed by atoms with Gasteiger partial charge in [-0.1, -0.05) is 30.3 Å². The second-order valence-corrected chi connectivity index (χ2v) is 6.61. The molecule has 0 saturated carbocycles. The number of rotatable bonds is 6. The first-order chi connectivity index (χ1) is 11.6. The molecule has 2 aromatic rings. The van der Waals surface area contributed by atoms with Gasteiger partial charge in [-0.3, -0.25) is 4.79 Å². The average Bonchev–Trinajstić information content (AvgIpc) is 2.53. The van der Waals surface area contributed by atoms with Crippen molar-refractivity contribution >= 4 is 21.8 Å². The fourth-order valence-electron chi connectivity index (χ4n) is 2.43. The number of carbonyl (C=O) groups is 1. The third-order valence-corrected chi connectivity index (χ3v) is 4.53. The average molecular weight is 393 g/mol. The predicted octanol–water partition coefficient (Wildman–Crippen LogP) is 3.04. The number of benzene rings is 2. The van der Waals surface area contributed by atoms with Crippen molar-refractivity contribution in [3.63, 3.8) is 0 Å². The Morgan fingerprint density at radius 2 is 2.04 bits per heavy atom.